The van der Waals surface area contributed by atoms with Crippen molar-refractivity contribution < 1.29 is 13.0 Å². The highest BCUT2D eigenvalue weighted by molar-refractivity contribution is 7.99. The lowest BCUT2D eigenvalue weighted by molar-refractivity contribution is 0.139. The van der Waals surface area contributed by atoms with Crippen molar-refractivity contribution in [3.8, 4) is 0 Å². The van der Waals surface area contributed by atoms with Gasteiger partial charge in [0.1, 0.15) is 0 Å². The van der Waals surface area contributed by atoms with Gasteiger partial charge in [-0.15, -0.1) is 6.58 Å². The van der Waals surface area contributed by atoms with Gasteiger partial charge in [-0.05, 0) is 73.9 Å². The van der Waals surface area contributed by atoms with Crippen molar-refractivity contribution in [2.75, 3.05) is 11.5 Å². The maximum atomic E-state index is 10.7. The van der Waals surface area contributed by atoms with Gasteiger partial charge in [-0.3, -0.25) is 4.55 Å². The molecule has 0 aliphatic heterocycles. The Morgan fingerprint density at radius 3 is 2.67 bits per heavy atom. The van der Waals surface area contributed by atoms with E-state index in [2.05, 4.69) is 12.7 Å². The average Bonchev–Trinajstić information content (AvgIpc) is 3.00. The predicted molar refractivity (Wildman–Crippen MR) is 88.0 cm³/mol. The minimum Gasteiger partial charge on any atom is -0.286 e. The van der Waals surface area contributed by atoms with Crippen LogP contribution in [-0.4, -0.2) is 29.7 Å². The number of hydrogen-bond donors (Lipinski definition) is 1. The van der Waals surface area contributed by atoms with E-state index in [1.54, 1.807) is 0 Å². The first-order valence-corrected chi connectivity index (χ1v) is 10.8. The molecule has 0 aromatic carbocycles. The zero-order valence-corrected chi connectivity index (χ0v) is 14.1. The maximum absolute atomic E-state index is 10.7. The van der Waals surface area contributed by atoms with E-state index in [1.807, 2.05) is 11.8 Å². The third-order valence-corrected chi connectivity index (χ3v) is 8.25. The number of thioether (sulfide) groups is 1. The van der Waals surface area contributed by atoms with Crippen LogP contribution in [0.2, 0.25) is 0 Å². The number of rotatable bonds is 6. The lowest BCUT2D eigenvalue weighted by Gasteiger charge is -2.41. The molecule has 2 bridgehead atoms. The maximum Gasteiger partial charge on any atom is 0.264 e. The van der Waals surface area contributed by atoms with Gasteiger partial charge in [0, 0.05) is 5.25 Å². The van der Waals surface area contributed by atoms with E-state index in [4.69, 9.17) is 4.55 Å². The Balaban J connectivity index is 1.48. The molecular formula is C16H26O3S2. The third kappa shape index (κ3) is 3.50. The quantitative estimate of drug-likeness (QED) is 0.459. The minimum atomic E-state index is -3.78. The Kier molecular flexibility index (Phi) is 4.72. The Hall–Kier alpha value is -0.0000000000000000763. The van der Waals surface area contributed by atoms with Gasteiger partial charge >= 0.3 is 0 Å². The van der Waals surface area contributed by atoms with Crippen molar-refractivity contribution in [3.63, 3.8) is 0 Å². The van der Waals surface area contributed by atoms with Gasteiger partial charge < -0.3 is 0 Å². The third-order valence-electron chi connectivity index (χ3n) is 5.95. The summed E-state index contributed by atoms with van der Waals surface area (Å²) in [5.41, 5.74) is 0. The number of fused-ring (bicyclic) bond motifs is 5. The van der Waals surface area contributed by atoms with Crippen LogP contribution in [0.15, 0.2) is 12.7 Å². The van der Waals surface area contributed by atoms with Gasteiger partial charge in [-0.25, -0.2) is 0 Å². The molecule has 3 aliphatic carbocycles. The normalized spacial score (nSPS) is 42.0. The van der Waals surface area contributed by atoms with Crippen LogP contribution in [0.1, 0.15) is 38.5 Å². The monoisotopic (exact) mass is 330 g/mol. The van der Waals surface area contributed by atoms with Crippen LogP contribution in [0.3, 0.4) is 0 Å². The van der Waals surface area contributed by atoms with E-state index < -0.39 is 10.1 Å². The molecule has 0 amide bonds. The highest BCUT2D eigenvalue weighted by Crippen LogP contribution is 2.60. The van der Waals surface area contributed by atoms with Crippen molar-refractivity contribution in [3.05, 3.63) is 12.7 Å². The Bertz CT molecular complexity index is 488. The molecular weight excluding hydrogens is 304 g/mol. The van der Waals surface area contributed by atoms with Crippen molar-refractivity contribution in [2.45, 2.75) is 43.8 Å². The molecule has 3 fully saturated rings. The van der Waals surface area contributed by atoms with Crippen LogP contribution < -0.4 is 0 Å². The molecule has 6 unspecified atom stereocenters. The Labute approximate surface area is 132 Å². The fraction of sp³-hybridized carbons (Fsp3) is 0.875. The van der Waals surface area contributed by atoms with E-state index in [-0.39, 0.29) is 5.75 Å². The lowest BCUT2D eigenvalue weighted by Crippen LogP contribution is -2.34. The summed E-state index contributed by atoms with van der Waals surface area (Å²) in [6.07, 6.45) is 9.49. The zero-order chi connectivity index (χ0) is 15.0. The first-order chi connectivity index (χ1) is 9.98. The molecule has 3 saturated carbocycles. The van der Waals surface area contributed by atoms with Crippen LogP contribution in [0.4, 0.5) is 0 Å². The summed E-state index contributed by atoms with van der Waals surface area (Å²) in [6.45, 7) is 3.97. The second-order valence-corrected chi connectivity index (χ2v) is 10.00. The second kappa shape index (κ2) is 6.25. The smallest absolute Gasteiger partial charge is 0.264 e. The zero-order valence-electron chi connectivity index (χ0n) is 12.5. The first kappa shape index (κ1) is 15.9. The molecule has 6 atom stereocenters. The van der Waals surface area contributed by atoms with Crippen LogP contribution in [-0.2, 0) is 10.1 Å². The van der Waals surface area contributed by atoms with Crippen LogP contribution in [0, 0.1) is 29.6 Å². The van der Waals surface area contributed by atoms with E-state index >= 15 is 0 Å². The first-order valence-electron chi connectivity index (χ1n) is 8.17. The highest BCUT2D eigenvalue weighted by Gasteiger charge is 2.53. The van der Waals surface area contributed by atoms with Crippen molar-refractivity contribution in [1.29, 1.82) is 0 Å². The van der Waals surface area contributed by atoms with Crippen LogP contribution in [0.25, 0.3) is 0 Å². The van der Waals surface area contributed by atoms with E-state index in [0.717, 1.165) is 40.6 Å². The largest absolute Gasteiger partial charge is 0.286 e. The molecule has 3 rings (SSSR count). The molecule has 3 nitrogen and oxygen atoms in total. The topological polar surface area (TPSA) is 54.4 Å². The van der Waals surface area contributed by atoms with E-state index in [0.29, 0.717) is 6.42 Å². The summed E-state index contributed by atoms with van der Waals surface area (Å²) in [6, 6.07) is 0. The molecule has 0 saturated heterocycles. The fourth-order valence-electron chi connectivity index (χ4n) is 5.09. The number of allylic oxidation sites excluding steroid dienone is 1. The number of hydrogen-bond acceptors (Lipinski definition) is 3. The standard InChI is InChI=1S/C16H26O3S2/c1-2-11-4-5-13-14(8-11)12-9-15(13)16(10-12)20-6-3-7-21(17,18)19/h2,11-16H,1,3-10H2,(H,17,18,19). The molecule has 0 spiro atoms. The molecule has 0 radical (unpaired) electrons. The molecule has 120 valence electrons. The van der Waals surface area contributed by atoms with Crippen LogP contribution >= 0.6 is 11.8 Å². The van der Waals surface area contributed by atoms with Gasteiger partial charge in [0.2, 0.25) is 0 Å². The lowest BCUT2D eigenvalue weighted by atomic mass is 9.67. The van der Waals surface area contributed by atoms with E-state index in [1.165, 1.54) is 32.1 Å². The summed E-state index contributed by atoms with van der Waals surface area (Å²) < 4.78 is 30.3. The highest BCUT2D eigenvalue weighted by atomic mass is 32.2. The summed E-state index contributed by atoms with van der Waals surface area (Å²) in [5, 5.41) is 0.734. The predicted octanol–water partition coefficient (Wildman–Crippen LogP) is 3.62. The molecule has 0 aromatic heterocycles. The molecule has 21 heavy (non-hydrogen) atoms. The van der Waals surface area contributed by atoms with E-state index in [9.17, 15) is 8.42 Å². The molecule has 5 heteroatoms. The molecule has 1 N–H and O–H groups in total. The second-order valence-electron chi connectivity index (χ2n) is 7.08. The molecule has 0 heterocycles. The average molecular weight is 331 g/mol. The summed E-state index contributed by atoms with van der Waals surface area (Å²) >= 11 is 1.95. The molecule has 3 aliphatic rings. The Morgan fingerprint density at radius 2 is 1.95 bits per heavy atom. The van der Waals surface area contributed by atoms with Gasteiger partial charge in [0.25, 0.3) is 10.1 Å². The van der Waals surface area contributed by atoms with Crippen LogP contribution in [0.5, 0.6) is 0 Å². The van der Waals surface area contributed by atoms with Crippen molar-refractivity contribution >= 4 is 21.9 Å². The van der Waals surface area contributed by atoms with Gasteiger partial charge in [0.15, 0.2) is 0 Å². The summed E-state index contributed by atoms with van der Waals surface area (Å²) in [5.74, 6) is 5.13. The summed E-state index contributed by atoms with van der Waals surface area (Å²) in [7, 11) is -3.78. The Morgan fingerprint density at radius 1 is 1.14 bits per heavy atom. The minimum absolute atomic E-state index is 0.0894. The van der Waals surface area contributed by atoms with Crippen molar-refractivity contribution in [1.82, 2.24) is 0 Å². The van der Waals surface area contributed by atoms with Gasteiger partial charge in [-0.2, -0.15) is 20.2 Å². The molecule has 0 aromatic rings. The van der Waals surface area contributed by atoms with Crippen molar-refractivity contribution in [2.24, 2.45) is 29.6 Å². The van der Waals surface area contributed by atoms with Gasteiger partial charge in [0.05, 0.1) is 5.75 Å². The SMILES string of the molecule is C=CC1CCC2C(C1)C1CC(SCCCS(=O)(=O)O)C2C1. The summed E-state index contributed by atoms with van der Waals surface area (Å²) in [4.78, 5) is 0. The van der Waals surface area contributed by atoms with Gasteiger partial charge in [-0.1, -0.05) is 6.08 Å². The fourth-order valence-corrected chi connectivity index (χ4v) is 7.34.